The second-order valence-corrected chi connectivity index (χ2v) is 4.35. The first-order valence-electron chi connectivity index (χ1n) is 5.36. The summed E-state index contributed by atoms with van der Waals surface area (Å²) in [5.74, 6) is -1.75. The van der Waals surface area contributed by atoms with Crippen molar-refractivity contribution in [3.8, 4) is 0 Å². The Morgan fingerprint density at radius 1 is 1.41 bits per heavy atom. The molecule has 0 saturated carbocycles. The Labute approximate surface area is 108 Å². The highest BCUT2D eigenvalue weighted by atomic mass is 79.9. The van der Waals surface area contributed by atoms with Gasteiger partial charge in [0.05, 0.1) is 6.42 Å². The molecule has 0 spiro atoms. The number of benzene rings is 1. The van der Waals surface area contributed by atoms with E-state index in [-0.39, 0.29) is 23.9 Å². The zero-order valence-electron chi connectivity index (χ0n) is 9.47. The van der Waals surface area contributed by atoms with Crippen molar-refractivity contribution < 1.29 is 13.6 Å². The molecule has 0 fully saturated rings. The van der Waals surface area contributed by atoms with E-state index in [0.717, 1.165) is 18.6 Å². The standard InChI is InChI=1S/C12H14BrF2NO/c1-2-8(7-13)16-12(17)6-9-10(14)4-3-5-11(9)15/h3-5,8H,2,6-7H2,1H3,(H,16,17). The van der Waals surface area contributed by atoms with E-state index in [4.69, 9.17) is 0 Å². The van der Waals surface area contributed by atoms with Crippen LogP contribution in [0.15, 0.2) is 18.2 Å². The summed E-state index contributed by atoms with van der Waals surface area (Å²) in [5, 5.41) is 3.32. The van der Waals surface area contributed by atoms with E-state index in [1.54, 1.807) is 0 Å². The van der Waals surface area contributed by atoms with Gasteiger partial charge in [0.2, 0.25) is 5.91 Å². The van der Waals surface area contributed by atoms with Crippen LogP contribution in [0.2, 0.25) is 0 Å². The van der Waals surface area contributed by atoms with Crippen LogP contribution in [-0.4, -0.2) is 17.3 Å². The van der Waals surface area contributed by atoms with E-state index >= 15 is 0 Å². The van der Waals surface area contributed by atoms with Crippen LogP contribution in [0.3, 0.4) is 0 Å². The molecule has 0 aliphatic heterocycles. The fraction of sp³-hybridized carbons (Fsp3) is 0.417. The predicted molar refractivity (Wildman–Crippen MR) is 66.1 cm³/mol. The first-order chi connectivity index (χ1) is 8.08. The predicted octanol–water partition coefficient (Wildman–Crippen LogP) is 2.80. The summed E-state index contributed by atoms with van der Waals surface area (Å²) in [6.45, 7) is 1.93. The van der Waals surface area contributed by atoms with Crippen LogP contribution < -0.4 is 5.32 Å². The number of amides is 1. The van der Waals surface area contributed by atoms with E-state index in [1.807, 2.05) is 6.92 Å². The first-order valence-corrected chi connectivity index (χ1v) is 6.48. The molecule has 0 bridgehead atoms. The van der Waals surface area contributed by atoms with Crippen molar-refractivity contribution >= 4 is 21.8 Å². The Kier molecular flexibility index (Phi) is 5.55. The molecule has 2 nitrogen and oxygen atoms in total. The number of halogens is 3. The van der Waals surface area contributed by atoms with E-state index in [2.05, 4.69) is 21.2 Å². The molecule has 1 rings (SSSR count). The quantitative estimate of drug-likeness (QED) is 0.833. The third-order valence-electron chi connectivity index (χ3n) is 2.44. The highest BCUT2D eigenvalue weighted by molar-refractivity contribution is 9.09. The van der Waals surface area contributed by atoms with Crippen molar-refractivity contribution in [3.63, 3.8) is 0 Å². The third kappa shape index (κ3) is 4.07. The smallest absolute Gasteiger partial charge is 0.224 e. The molecular formula is C12H14BrF2NO. The zero-order valence-corrected chi connectivity index (χ0v) is 11.1. The molecular weight excluding hydrogens is 292 g/mol. The fourth-order valence-corrected chi connectivity index (χ4v) is 2.01. The van der Waals surface area contributed by atoms with Crippen molar-refractivity contribution in [2.45, 2.75) is 25.8 Å². The van der Waals surface area contributed by atoms with Gasteiger partial charge in [0.1, 0.15) is 11.6 Å². The highest BCUT2D eigenvalue weighted by Crippen LogP contribution is 2.12. The summed E-state index contributed by atoms with van der Waals surface area (Å²) in [6, 6.07) is 3.55. The molecule has 0 aliphatic rings. The molecule has 1 atom stereocenters. The van der Waals surface area contributed by atoms with Gasteiger partial charge in [0.25, 0.3) is 0 Å². The molecule has 17 heavy (non-hydrogen) atoms. The molecule has 0 heterocycles. The number of carbonyl (C=O) groups excluding carboxylic acids is 1. The maximum absolute atomic E-state index is 13.3. The largest absolute Gasteiger partial charge is 0.352 e. The van der Waals surface area contributed by atoms with Gasteiger partial charge < -0.3 is 5.32 Å². The lowest BCUT2D eigenvalue weighted by Crippen LogP contribution is -2.36. The normalized spacial score (nSPS) is 12.2. The van der Waals surface area contributed by atoms with Crippen molar-refractivity contribution in [1.29, 1.82) is 0 Å². The van der Waals surface area contributed by atoms with Gasteiger partial charge in [-0.15, -0.1) is 0 Å². The van der Waals surface area contributed by atoms with Gasteiger partial charge in [-0.1, -0.05) is 28.9 Å². The second-order valence-electron chi connectivity index (χ2n) is 3.70. The highest BCUT2D eigenvalue weighted by Gasteiger charge is 2.15. The third-order valence-corrected chi connectivity index (χ3v) is 3.22. The lowest BCUT2D eigenvalue weighted by atomic mass is 10.1. The summed E-state index contributed by atoms with van der Waals surface area (Å²) in [5.41, 5.74) is -0.186. The van der Waals surface area contributed by atoms with Crippen LogP contribution in [0.1, 0.15) is 18.9 Å². The Balaban J connectivity index is 2.68. The average molecular weight is 306 g/mol. The lowest BCUT2D eigenvalue weighted by molar-refractivity contribution is -0.121. The van der Waals surface area contributed by atoms with Gasteiger partial charge >= 0.3 is 0 Å². The number of hydrogen-bond donors (Lipinski definition) is 1. The Hall–Kier alpha value is -0.970. The SMILES string of the molecule is CCC(CBr)NC(=O)Cc1c(F)cccc1F. The molecule has 1 aromatic rings. The van der Waals surface area contributed by atoms with Crippen LogP contribution in [-0.2, 0) is 11.2 Å². The molecule has 0 saturated heterocycles. The first kappa shape index (κ1) is 14.1. The molecule has 94 valence electrons. The second kappa shape index (κ2) is 6.69. The van der Waals surface area contributed by atoms with Crippen molar-refractivity contribution in [1.82, 2.24) is 5.32 Å². The maximum atomic E-state index is 13.3. The van der Waals surface area contributed by atoms with E-state index in [0.29, 0.717) is 5.33 Å². The Morgan fingerprint density at radius 2 is 2.00 bits per heavy atom. The number of alkyl halides is 1. The number of carbonyl (C=O) groups is 1. The maximum Gasteiger partial charge on any atom is 0.224 e. The molecule has 0 aromatic heterocycles. The molecule has 1 amide bonds. The van der Waals surface area contributed by atoms with Crippen molar-refractivity contribution in [2.75, 3.05) is 5.33 Å². The molecule has 1 aromatic carbocycles. The van der Waals surface area contributed by atoms with E-state index < -0.39 is 11.6 Å². The number of rotatable bonds is 5. The Morgan fingerprint density at radius 3 is 2.47 bits per heavy atom. The lowest BCUT2D eigenvalue weighted by Gasteiger charge is -2.14. The fourth-order valence-electron chi connectivity index (χ4n) is 1.39. The average Bonchev–Trinajstić information content (AvgIpc) is 2.31. The molecule has 1 unspecified atom stereocenters. The van der Waals surface area contributed by atoms with E-state index in [1.165, 1.54) is 6.07 Å². The van der Waals surface area contributed by atoms with Crippen molar-refractivity contribution in [2.24, 2.45) is 0 Å². The molecule has 1 N–H and O–H groups in total. The minimum absolute atomic E-state index is 0.0164. The number of nitrogens with one attached hydrogen (secondary N) is 1. The van der Waals surface area contributed by atoms with Gasteiger partial charge in [0.15, 0.2) is 0 Å². The van der Waals surface area contributed by atoms with Gasteiger partial charge in [-0.05, 0) is 18.6 Å². The molecule has 0 radical (unpaired) electrons. The Bertz CT molecular complexity index is 374. The molecule has 0 aliphatic carbocycles. The minimum Gasteiger partial charge on any atom is -0.352 e. The van der Waals surface area contributed by atoms with Gasteiger partial charge in [-0.3, -0.25) is 4.79 Å². The number of hydrogen-bond acceptors (Lipinski definition) is 1. The summed E-state index contributed by atoms with van der Waals surface area (Å²) < 4.78 is 26.6. The van der Waals surface area contributed by atoms with E-state index in [9.17, 15) is 13.6 Å². The van der Waals surface area contributed by atoms with Crippen LogP contribution in [0.25, 0.3) is 0 Å². The molecule has 5 heteroatoms. The summed E-state index contributed by atoms with van der Waals surface area (Å²) >= 11 is 3.26. The monoisotopic (exact) mass is 305 g/mol. The summed E-state index contributed by atoms with van der Waals surface area (Å²) in [6.07, 6.45) is 0.485. The van der Waals surface area contributed by atoms with Crippen LogP contribution >= 0.6 is 15.9 Å². The minimum atomic E-state index is -0.688. The van der Waals surface area contributed by atoms with Gasteiger partial charge in [0, 0.05) is 16.9 Å². The summed E-state index contributed by atoms with van der Waals surface area (Å²) in [7, 11) is 0. The summed E-state index contributed by atoms with van der Waals surface area (Å²) in [4.78, 5) is 11.6. The van der Waals surface area contributed by atoms with Crippen molar-refractivity contribution in [3.05, 3.63) is 35.4 Å². The van der Waals surface area contributed by atoms with Gasteiger partial charge in [-0.2, -0.15) is 0 Å². The zero-order chi connectivity index (χ0) is 12.8. The topological polar surface area (TPSA) is 29.1 Å². The van der Waals surface area contributed by atoms with Gasteiger partial charge in [-0.25, -0.2) is 8.78 Å². The van der Waals surface area contributed by atoms with Crippen LogP contribution in [0.4, 0.5) is 8.78 Å². The van der Waals surface area contributed by atoms with Crippen LogP contribution in [0, 0.1) is 11.6 Å². The van der Waals surface area contributed by atoms with Crippen LogP contribution in [0.5, 0.6) is 0 Å².